The highest BCUT2D eigenvalue weighted by Gasteiger charge is 2.06. The topological polar surface area (TPSA) is 70.8 Å². The first-order chi connectivity index (χ1) is 9.78. The first-order valence-electron chi connectivity index (χ1n) is 6.40. The highest BCUT2D eigenvalue weighted by molar-refractivity contribution is 5.62. The Balaban J connectivity index is 2.25. The standard InChI is InChI=1S/C15H16N4O/c1-3-11-10-12(4-6-14(11)20-2)13-5-7-15(19-18-13)17-9-8-16/h4-7,10H,3,9H2,1-2H3,(H,17,19). The number of aromatic nitrogens is 2. The van der Waals surface area contributed by atoms with Crippen molar-refractivity contribution >= 4 is 5.82 Å². The van der Waals surface area contributed by atoms with Gasteiger partial charge < -0.3 is 10.1 Å². The minimum absolute atomic E-state index is 0.219. The lowest BCUT2D eigenvalue weighted by molar-refractivity contribution is 0.410. The lowest BCUT2D eigenvalue weighted by Gasteiger charge is -2.09. The van der Waals surface area contributed by atoms with Crippen LogP contribution in [-0.4, -0.2) is 23.9 Å². The molecule has 0 saturated carbocycles. The Kier molecular flexibility index (Phi) is 4.51. The third-order valence-corrected chi connectivity index (χ3v) is 2.97. The number of hydrogen-bond donors (Lipinski definition) is 1. The van der Waals surface area contributed by atoms with Crippen molar-refractivity contribution in [2.45, 2.75) is 13.3 Å². The molecule has 0 saturated heterocycles. The van der Waals surface area contributed by atoms with E-state index in [1.165, 1.54) is 0 Å². The van der Waals surface area contributed by atoms with E-state index in [-0.39, 0.29) is 6.54 Å². The molecule has 1 aromatic heterocycles. The number of nitrogens with zero attached hydrogens (tertiary/aromatic N) is 3. The second-order valence-electron chi connectivity index (χ2n) is 4.20. The molecule has 102 valence electrons. The molecule has 0 atom stereocenters. The van der Waals surface area contributed by atoms with E-state index in [2.05, 4.69) is 28.5 Å². The van der Waals surface area contributed by atoms with Crippen molar-refractivity contribution < 1.29 is 4.74 Å². The summed E-state index contributed by atoms with van der Waals surface area (Å²) in [5.41, 5.74) is 2.94. The number of ether oxygens (including phenoxy) is 1. The van der Waals surface area contributed by atoms with Crippen molar-refractivity contribution in [3.63, 3.8) is 0 Å². The van der Waals surface area contributed by atoms with Gasteiger partial charge in [0.1, 0.15) is 18.1 Å². The quantitative estimate of drug-likeness (QED) is 0.844. The van der Waals surface area contributed by atoms with Crippen LogP contribution in [0.15, 0.2) is 30.3 Å². The van der Waals surface area contributed by atoms with Gasteiger partial charge in [-0.3, -0.25) is 0 Å². The number of nitrogens with one attached hydrogen (secondary N) is 1. The van der Waals surface area contributed by atoms with E-state index in [1.54, 1.807) is 7.11 Å². The monoisotopic (exact) mass is 268 g/mol. The first-order valence-corrected chi connectivity index (χ1v) is 6.40. The Morgan fingerprint density at radius 2 is 2.10 bits per heavy atom. The Morgan fingerprint density at radius 3 is 2.70 bits per heavy atom. The first kappa shape index (κ1) is 13.8. The predicted octanol–water partition coefficient (Wildman–Crippen LogP) is 2.65. The van der Waals surface area contributed by atoms with Crippen LogP contribution >= 0.6 is 0 Å². The Labute approximate surface area is 118 Å². The predicted molar refractivity (Wildman–Crippen MR) is 77.5 cm³/mol. The van der Waals surface area contributed by atoms with Gasteiger partial charge in [0.25, 0.3) is 0 Å². The average molecular weight is 268 g/mol. The van der Waals surface area contributed by atoms with Crippen LogP contribution in [0.1, 0.15) is 12.5 Å². The fourth-order valence-electron chi connectivity index (χ4n) is 1.92. The average Bonchev–Trinajstić information content (AvgIpc) is 2.52. The second kappa shape index (κ2) is 6.53. The third kappa shape index (κ3) is 3.04. The number of rotatable bonds is 5. The number of benzene rings is 1. The maximum atomic E-state index is 8.49. The summed E-state index contributed by atoms with van der Waals surface area (Å²) < 4.78 is 5.31. The molecule has 5 nitrogen and oxygen atoms in total. The molecule has 0 radical (unpaired) electrons. The maximum Gasteiger partial charge on any atom is 0.149 e. The van der Waals surface area contributed by atoms with Crippen LogP contribution in [0.25, 0.3) is 11.3 Å². The van der Waals surface area contributed by atoms with Crippen LogP contribution in [0.3, 0.4) is 0 Å². The van der Waals surface area contributed by atoms with Gasteiger partial charge in [-0.05, 0) is 42.3 Å². The number of hydrogen-bond acceptors (Lipinski definition) is 5. The molecule has 1 heterocycles. The summed E-state index contributed by atoms with van der Waals surface area (Å²) in [5, 5.41) is 19.6. The van der Waals surface area contributed by atoms with E-state index in [0.29, 0.717) is 5.82 Å². The van der Waals surface area contributed by atoms with Crippen molar-refractivity contribution in [1.82, 2.24) is 10.2 Å². The Hall–Kier alpha value is -2.61. The minimum atomic E-state index is 0.219. The Bertz CT molecular complexity index is 617. The molecular formula is C15H16N4O. The van der Waals surface area contributed by atoms with Gasteiger partial charge in [-0.1, -0.05) is 6.92 Å². The fourth-order valence-corrected chi connectivity index (χ4v) is 1.92. The zero-order valence-corrected chi connectivity index (χ0v) is 11.6. The van der Waals surface area contributed by atoms with Crippen molar-refractivity contribution in [2.75, 3.05) is 19.0 Å². The van der Waals surface area contributed by atoms with Crippen molar-refractivity contribution in [1.29, 1.82) is 5.26 Å². The third-order valence-electron chi connectivity index (χ3n) is 2.97. The molecule has 2 rings (SSSR count). The van der Waals surface area contributed by atoms with Gasteiger partial charge in [-0.25, -0.2) is 0 Å². The van der Waals surface area contributed by atoms with Gasteiger partial charge in [0.05, 0.1) is 18.9 Å². The molecule has 0 spiro atoms. The van der Waals surface area contributed by atoms with E-state index >= 15 is 0 Å². The summed E-state index contributed by atoms with van der Waals surface area (Å²) in [6.07, 6.45) is 0.895. The maximum absolute atomic E-state index is 8.49. The summed E-state index contributed by atoms with van der Waals surface area (Å²) >= 11 is 0. The van der Waals surface area contributed by atoms with Crippen LogP contribution < -0.4 is 10.1 Å². The normalized spacial score (nSPS) is 9.85. The summed E-state index contributed by atoms with van der Waals surface area (Å²) in [4.78, 5) is 0. The van der Waals surface area contributed by atoms with E-state index in [0.717, 1.165) is 29.0 Å². The minimum Gasteiger partial charge on any atom is -0.496 e. The SMILES string of the molecule is CCc1cc(-c2ccc(NCC#N)nn2)ccc1OC. The lowest BCUT2D eigenvalue weighted by atomic mass is 10.1. The van der Waals surface area contributed by atoms with Gasteiger partial charge in [0, 0.05) is 5.56 Å². The fraction of sp³-hybridized carbons (Fsp3) is 0.267. The molecule has 0 aliphatic heterocycles. The van der Waals surface area contributed by atoms with Gasteiger partial charge in [0.2, 0.25) is 0 Å². The van der Waals surface area contributed by atoms with Crippen molar-refractivity contribution in [3.8, 4) is 23.1 Å². The molecule has 2 aromatic rings. The zero-order valence-electron chi connectivity index (χ0n) is 11.6. The summed E-state index contributed by atoms with van der Waals surface area (Å²) in [7, 11) is 1.67. The molecule has 0 bridgehead atoms. The molecule has 0 amide bonds. The zero-order chi connectivity index (χ0) is 14.4. The number of aryl methyl sites for hydroxylation is 1. The highest BCUT2D eigenvalue weighted by Crippen LogP contribution is 2.25. The van der Waals surface area contributed by atoms with E-state index in [1.807, 2.05) is 30.3 Å². The van der Waals surface area contributed by atoms with Crippen LogP contribution in [0.5, 0.6) is 5.75 Å². The summed E-state index contributed by atoms with van der Waals surface area (Å²) in [6, 6.07) is 11.7. The van der Waals surface area contributed by atoms with Gasteiger partial charge >= 0.3 is 0 Å². The van der Waals surface area contributed by atoms with E-state index < -0.39 is 0 Å². The molecule has 20 heavy (non-hydrogen) atoms. The summed E-state index contributed by atoms with van der Waals surface area (Å²) in [6.45, 7) is 2.30. The molecule has 5 heteroatoms. The second-order valence-corrected chi connectivity index (χ2v) is 4.20. The van der Waals surface area contributed by atoms with E-state index in [9.17, 15) is 0 Å². The molecule has 0 fully saturated rings. The number of anilines is 1. The molecule has 1 N–H and O–H groups in total. The summed E-state index contributed by atoms with van der Waals surface area (Å²) in [5.74, 6) is 1.48. The van der Waals surface area contributed by atoms with Crippen molar-refractivity contribution in [2.24, 2.45) is 0 Å². The highest BCUT2D eigenvalue weighted by atomic mass is 16.5. The number of nitriles is 1. The van der Waals surface area contributed by atoms with E-state index in [4.69, 9.17) is 10.00 Å². The molecular weight excluding hydrogens is 252 g/mol. The molecule has 0 aliphatic rings. The van der Waals surface area contributed by atoms with Gasteiger partial charge in [-0.15, -0.1) is 10.2 Å². The number of methoxy groups -OCH3 is 1. The smallest absolute Gasteiger partial charge is 0.149 e. The van der Waals surface area contributed by atoms with Crippen LogP contribution in [-0.2, 0) is 6.42 Å². The largest absolute Gasteiger partial charge is 0.496 e. The van der Waals surface area contributed by atoms with Crippen LogP contribution in [0, 0.1) is 11.3 Å². The molecule has 1 aromatic carbocycles. The van der Waals surface area contributed by atoms with Gasteiger partial charge in [-0.2, -0.15) is 5.26 Å². The van der Waals surface area contributed by atoms with Crippen LogP contribution in [0.4, 0.5) is 5.82 Å². The Morgan fingerprint density at radius 1 is 1.25 bits per heavy atom. The lowest BCUT2D eigenvalue weighted by Crippen LogP contribution is -2.02. The van der Waals surface area contributed by atoms with Gasteiger partial charge in [0.15, 0.2) is 0 Å². The molecule has 0 aliphatic carbocycles. The van der Waals surface area contributed by atoms with Crippen molar-refractivity contribution in [3.05, 3.63) is 35.9 Å². The van der Waals surface area contributed by atoms with Crippen LogP contribution in [0.2, 0.25) is 0 Å². The molecule has 0 unspecified atom stereocenters.